The van der Waals surface area contributed by atoms with Gasteiger partial charge in [-0.2, -0.15) is 0 Å². The molecule has 1 rings (SSSR count). The molecular weight excluding hydrogens is 217 g/mol. The lowest BCUT2D eigenvalue weighted by molar-refractivity contribution is 0.239. The molecule has 0 amide bonds. The van der Waals surface area contributed by atoms with Gasteiger partial charge in [-0.05, 0) is 38.4 Å². The Morgan fingerprint density at radius 1 is 1.47 bits per heavy atom. The molecule has 84 valence electrons. The molecule has 0 bridgehead atoms. The second kappa shape index (κ2) is 5.33. The van der Waals surface area contributed by atoms with E-state index in [4.69, 9.17) is 22.1 Å². The second-order valence-electron chi connectivity index (χ2n) is 3.58. The minimum atomic E-state index is -0.434. The number of nitrogens with two attached hydrogens (primary N) is 1. The third-order valence-electron chi connectivity index (χ3n) is 1.88. The molecule has 2 N–H and O–H groups in total. The molecule has 15 heavy (non-hydrogen) atoms. The van der Waals surface area contributed by atoms with Crippen LogP contribution >= 0.6 is 11.6 Å². The average molecular weight is 232 g/mol. The Bertz CT molecular complexity index is 342. The Morgan fingerprint density at radius 3 is 2.67 bits per heavy atom. The molecule has 2 nitrogen and oxygen atoms in total. The first-order valence-corrected chi connectivity index (χ1v) is 5.27. The molecule has 0 aliphatic heterocycles. The van der Waals surface area contributed by atoms with E-state index in [0.717, 1.165) is 5.56 Å². The highest BCUT2D eigenvalue weighted by molar-refractivity contribution is 6.30. The van der Waals surface area contributed by atoms with E-state index in [1.54, 1.807) is 0 Å². The third kappa shape index (κ3) is 3.36. The van der Waals surface area contributed by atoms with Crippen LogP contribution in [0.25, 0.3) is 0 Å². The molecule has 0 aromatic heterocycles. The number of ether oxygens (including phenoxy) is 1. The summed E-state index contributed by atoms with van der Waals surface area (Å²) in [6, 6.07) is 2.88. The fraction of sp³-hybridized carbons (Fsp3) is 0.455. The fourth-order valence-electron chi connectivity index (χ4n) is 1.28. The van der Waals surface area contributed by atoms with Crippen molar-refractivity contribution in [3.8, 4) is 5.75 Å². The Balaban J connectivity index is 3.04. The molecular formula is C11H15ClFNO. The van der Waals surface area contributed by atoms with Crippen molar-refractivity contribution in [1.29, 1.82) is 0 Å². The van der Waals surface area contributed by atoms with Gasteiger partial charge in [-0.25, -0.2) is 4.39 Å². The number of benzene rings is 1. The van der Waals surface area contributed by atoms with Crippen LogP contribution < -0.4 is 10.5 Å². The molecule has 4 heteroatoms. The quantitative estimate of drug-likeness (QED) is 0.865. The van der Waals surface area contributed by atoms with Gasteiger partial charge in [0.2, 0.25) is 0 Å². The number of rotatable bonds is 4. The third-order valence-corrected chi connectivity index (χ3v) is 2.17. The fourth-order valence-corrected chi connectivity index (χ4v) is 1.44. The summed E-state index contributed by atoms with van der Waals surface area (Å²) in [6.07, 6.45) is 0.610. The summed E-state index contributed by atoms with van der Waals surface area (Å²) >= 11 is 5.68. The van der Waals surface area contributed by atoms with E-state index in [0.29, 0.717) is 18.7 Å². The van der Waals surface area contributed by atoms with Gasteiger partial charge in [0.05, 0.1) is 11.1 Å². The van der Waals surface area contributed by atoms with Crippen molar-refractivity contribution in [3.63, 3.8) is 0 Å². The zero-order chi connectivity index (χ0) is 11.4. The SMILES string of the molecule is CC(C)Oc1cc(Cl)c(F)cc1CCN. The van der Waals surface area contributed by atoms with Crippen LogP contribution in [0.2, 0.25) is 5.02 Å². The lowest BCUT2D eigenvalue weighted by Crippen LogP contribution is -2.10. The highest BCUT2D eigenvalue weighted by atomic mass is 35.5. The van der Waals surface area contributed by atoms with E-state index in [1.807, 2.05) is 13.8 Å². The molecule has 0 heterocycles. The highest BCUT2D eigenvalue weighted by Gasteiger charge is 2.10. The molecule has 0 atom stereocenters. The Kier molecular flexibility index (Phi) is 4.36. The summed E-state index contributed by atoms with van der Waals surface area (Å²) in [5.41, 5.74) is 6.19. The van der Waals surface area contributed by atoms with Crippen LogP contribution in [-0.2, 0) is 6.42 Å². The molecule has 0 spiro atoms. The maximum absolute atomic E-state index is 13.2. The van der Waals surface area contributed by atoms with Crippen LogP contribution in [0.15, 0.2) is 12.1 Å². The first kappa shape index (κ1) is 12.3. The predicted octanol–water partition coefficient (Wildman–Crippen LogP) is 2.77. The van der Waals surface area contributed by atoms with E-state index < -0.39 is 5.82 Å². The van der Waals surface area contributed by atoms with Gasteiger partial charge in [0, 0.05) is 6.07 Å². The molecule has 0 radical (unpaired) electrons. The van der Waals surface area contributed by atoms with Crippen LogP contribution in [0.3, 0.4) is 0 Å². The van der Waals surface area contributed by atoms with Crippen LogP contribution in [0.5, 0.6) is 5.75 Å². The Hall–Kier alpha value is -0.800. The summed E-state index contributed by atoms with van der Waals surface area (Å²) in [5, 5.41) is 0.0754. The maximum Gasteiger partial charge on any atom is 0.142 e. The zero-order valence-electron chi connectivity index (χ0n) is 8.89. The van der Waals surface area contributed by atoms with Crippen LogP contribution in [-0.4, -0.2) is 12.6 Å². The summed E-state index contributed by atoms with van der Waals surface area (Å²) in [6.45, 7) is 4.27. The number of hydrogen-bond donors (Lipinski definition) is 1. The van der Waals surface area contributed by atoms with Crippen molar-refractivity contribution >= 4 is 11.6 Å². The smallest absolute Gasteiger partial charge is 0.142 e. The lowest BCUT2D eigenvalue weighted by atomic mass is 10.1. The van der Waals surface area contributed by atoms with E-state index in [-0.39, 0.29) is 11.1 Å². The minimum Gasteiger partial charge on any atom is -0.491 e. The van der Waals surface area contributed by atoms with Crippen molar-refractivity contribution in [2.75, 3.05) is 6.54 Å². The molecule has 0 aliphatic rings. The van der Waals surface area contributed by atoms with E-state index >= 15 is 0 Å². The second-order valence-corrected chi connectivity index (χ2v) is 3.99. The van der Waals surface area contributed by atoms with Gasteiger partial charge in [-0.15, -0.1) is 0 Å². The molecule has 1 aromatic rings. The van der Waals surface area contributed by atoms with E-state index in [9.17, 15) is 4.39 Å². The Morgan fingerprint density at radius 2 is 2.13 bits per heavy atom. The molecule has 0 unspecified atom stereocenters. The predicted molar refractivity (Wildman–Crippen MR) is 59.9 cm³/mol. The molecule has 0 fully saturated rings. The van der Waals surface area contributed by atoms with E-state index in [2.05, 4.69) is 0 Å². The summed E-state index contributed by atoms with van der Waals surface area (Å²) in [5.74, 6) is 0.179. The zero-order valence-corrected chi connectivity index (χ0v) is 9.64. The number of hydrogen-bond acceptors (Lipinski definition) is 2. The molecule has 0 saturated carbocycles. The summed E-state index contributed by atoms with van der Waals surface area (Å²) in [7, 11) is 0. The lowest BCUT2D eigenvalue weighted by Gasteiger charge is -2.14. The normalized spacial score (nSPS) is 10.8. The minimum absolute atomic E-state index is 0.0306. The standard InChI is InChI=1S/C11H15ClFNO/c1-7(2)15-11-6-9(12)10(13)5-8(11)3-4-14/h5-7H,3-4,14H2,1-2H3. The van der Waals surface area contributed by atoms with Crippen LogP contribution in [0, 0.1) is 5.82 Å². The monoisotopic (exact) mass is 231 g/mol. The Labute approximate surface area is 94.2 Å². The van der Waals surface area contributed by atoms with Gasteiger partial charge in [-0.1, -0.05) is 11.6 Å². The van der Waals surface area contributed by atoms with Gasteiger partial charge in [0.15, 0.2) is 0 Å². The van der Waals surface area contributed by atoms with E-state index in [1.165, 1.54) is 12.1 Å². The van der Waals surface area contributed by atoms with Crippen molar-refractivity contribution in [2.45, 2.75) is 26.4 Å². The molecule has 0 aliphatic carbocycles. The van der Waals surface area contributed by atoms with Crippen molar-refractivity contribution in [1.82, 2.24) is 0 Å². The summed E-state index contributed by atoms with van der Waals surface area (Å²) < 4.78 is 18.7. The molecule has 0 saturated heterocycles. The van der Waals surface area contributed by atoms with Crippen LogP contribution in [0.1, 0.15) is 19.4 Å². The van der Waals surface area contributed by atoms with Gasteiger partial charge in [0.25, 0.3) is 0 Å². The largest absolute Gasteiger partial charge is 0.491 e. The first-order chi connectivity index (χ1) is 7.04. The van der Waals surface area contributed by atoms with Crippen molar-refractivity contribution < 1.29 is 9.13 Å². The van der Waals surface area contributed by atoms with Gasteiger partial charge in [-0.3, -0.25) is 0 Å². The number of halogens is 2. The van der Waals surface area contributed by atoms with Gasteiger partial charge < -0.3 is 10.5 Å². The topological polar surface area (TPSA) is 35.2 Å². The van der Waals surface area contributed by atoms with Crippen molar-refractivity contribution in [2.24, 2.45) is 5.73 Å². The first-order valence-electron chi connectivity index (χ1n) is 4.89. The summed E-state index contributed by atoms with van der Waals surface area (Å²) in [4.78, 5) is 0. The maximum atomic E-state index is 13.2. The average Bonchev–Trinajstić information content (AvgIpc) is 2.13. The van der Waals surface area contributed by atoms with Gasteiger partial charge >= 0.3 is 0 Å². The van der Waals surface area contributed by atoms with Crippen molar-refractivity contribution in [3.05, 3.63) is 28.5 Å². The van der Waals surface area contributed by atoms with Crippen LogP contribution in [0.4, 0.5) is 4.39 Å². The van der Waals surface area contributed by atoms with Gasteiger partial charge in [0.1, 0.15) is 11.6 Å². The highest BCUT2D eigenvalue weighted by Crippen LogP contribution is 2.27. The molecule has 1 aromatic carbocycles.